The molecule has 5 nitrogen and oxygen atoms in total. The van der Waals surface area contributed by atoms with Gasteiger partial charge in [-0.1, -0.05) is 54.1 Å². The second-order valence-electron chi connectivity index (χ2n) is 8.45. The zero-order valence-electron chi connectivity index (χ0n) is 18.6. The topological polar surface area (TPSA) is 57.4 Å². The average Bonchev–Trinajstić information content (AvgIpc) is 3.18. The van der Waals surface area contributed by atoms with Crippen LogP contribution in [0.2, 0.25) is 0 Å². The van der Waals surface area contributed by atoms with Crippen molar-refractivity contribution in [1.82, 2.24) is 9.88 Å². The van der Waals surface area contributed by atoms with E-state index < -0.39 is 0 Å². The van der Waals surface area contributed by atoms with Crippen molar-refractivity contribution in [3.8, 4) is 5.75 Å². The van der Waals surface area contributed by atoms with Gasteiger partial charge in [-0.3, -0.25) is 0 Å². The van der Waals surface area contributed by atoms with Gasteiger partial charge in [-0.25, -0.2) is 4.79 Å². The van der Waals surface area contributed by atoms with E-state index in [1.165, 1.54) is 16.5 Å². The summed E-state index contributed by atoms with van der Waals surface area (Å²) in [6.45, 7) is 4.71. The van der Waals surface area contributed by atoms with Crippen LogP contribution in [0, 0.1) is 13.8 Å². The Hall–Kier alpha value is -3.73. The summed E-state index contributed by atoms with van der Waals surface area (Å²) in [5.41, 5.74) is 7.53. The SMILES string of the molecule is COc1ccc(C)cc1NC(=O)N1CCc2c([nH]c3ccccc23)[C@H]1c1ccc(C)cc1. The number of urea groups is 1. The van der Waals surface area contributed by atoms with Crippen molar-refractivity contribution in [2.24, 2.45) is 0 Å². The predicted octanol–water partition coefficient (Wildman–Crippen LogP) is 5.97. The number of aromatic nitrogens is 1. The van der Waals surface area contributed by atoms with Crippen LogP contribution in [-0.2, 0) is 6.42 Å². The number of anilines is 1. The van der Waals surface area contributed by atoms with E-state index in [1.807, 2.05) is 36.1 Å². The maximum atomic E-state index is 13.6. The minimum absolute atomic E-state index is 0.135. The number of H-pyrrole nitrogens is 1. The number of aromatic amines is 1. The van der Waals surface area contributed by atoms with Crippen LogP contribution in [0.4, 0.5) is 10.5 Å². The van der Waals surface area contributed by atoms with Gasteiger partial charge >= 0.3 is 6.03 Å². The molecule has 0 spiro atoms. The number of nitrogens with zero attached hydrogens (tertiary/aromatic N) is 1. The van der Waals surface area contributed by atoms with Gasteiger partial charge in [0, 0.05) is 23.1 Å². The lowest BCUT2D eigenvalue weighted by Gasteiger charge is -2.36. The first-order valence-corrected chi connectivity index (χ1v) is 10.9. The highest BCUT2D eigenvalue weighted by Crippen LogP contribution is 2.39. The van der Waals surface area contributed by atoms with Crippen LogP contribution >= 0.6 is 0 Å². The van der Waals surface area contributed by atoms with E-state index in [0.717, 1.165) is 28.8 Å². The number of methoxy groups -OCH3 is 1. The minimum atomic E-state index is -0.192. The molecule has 2 amide bonds. The Morgan fingerprint density at radius 2 is 1.78 bits per heavy atom. The number of nitrogens with one attached hydrogen (secondary N) is 2. The molecule has 0 aliphatic carbocycles. The smallest absolute Gasteiger partial charge is 0.322 e. The molecule has 2 heterocycles. The van der Waals surface area contributed by atoms with Crippen molar-refractivity contribution in [3.05, 3.63) is 94.7 Å². The van der Waals surface area contributed by atoms with Crippen LogP contribution in [0.25, 0.3) is 10.9 Å². The zero-order valence-corrected chi connectivity index (χ0v) is 18.6. The molecule has 2 N–H and O–H groups in total. The summed E-state index contributed by atoms with van der Waals surface area (Å²) in [5.74, 6) is 0.652. The van der Waals surface area contributed by atoms with E-state index in [4.69, 9.17) is 4.74 Å². The number of amides is 2. The molecule has 0 unspecified atom stereocenters. The molecule has 1 aliphatic heterocycles. The maximum Gasteiger partial charge on any atom is 0.322 e. The lowest BCUT2D eigenvalue weighted by atomic mass is 9.92. The van der Waals surface area contributed by atoms with Crippen molar-refractivity contribution in [3.63, 3.8) is 0 Å². The van der Waals surface area contributed by atoms with Gasteiger partial charge in [0.1, 0.15) is 5.75 Å². The third kappa shape index (κ3) is 3.50. The molecule has 0 saturated heterocycles. The third-order valence-corrected chi connectivity index (χ3v) is 6.28. The van der Waals surface area contributed by atoms with Gasteiger partial charge in [0.2, 0.25) is 0 Å². The number of fused-ring (bicyclic) bond motifs is 3. The monoisotopic (exact) mass is 425 g/mol. The predicted molar refractivity (Wildman–Crippen MR) is 128 cm³/mol. The molecule has 32 heavy (non-hydrogen) atoms. The van der Waals surface area contributed by atoms with E-state index in [9.17, 15) is 4.79 Å². The quantitative estimate of drug-likeness (QED) is 0.425. The summed E-state index contributed by atoms with van der Waals surface area (Å²) in [7, 11) is 1.62. The van der Waals surface area contributed by atoms with Crippen molar-refractivity contribution in [1.29, 1.82) is 0 Å². The van der Waals surface area contributed by atoms with E-state index in [1.54, 1.807) is 7.11 Å². The highest BCUT2D eigenvalue weighted by molar-refractivity contribution is 5.93. The Kier molecular flexibility index (Phi) is 5.10. The lowest BCUT2D eigenvalue weighted by Crippen LogP contribution is -2.43. The third-order valence-electron chi connectivity index (χ3n) is 6.28. The Morgan fingerprint density at radius 3 is 2.56 bits per heavy atom. The number of rotatable bonds is 3. The number of carbonyl (C=O) groups is 1. The van der Waals surface area contributed by atoms with Crippen LogP contribution in [0.15, 0.2) is 66.7 Å². The highest BCUT2D eigenvalue weighted by Gasteiger charge is 2.34. The summed E-state index contributed by atoms with van der Waals surface area (Å²) in [6, 6.07) is 22.3. The number of carbonyl (C=O) groups excluding carboxylic acids is 1. The van der Waals surface area contributed by atoms with Crippen LogP contribution in [-0.4, -0.2) is 29.6 Å². The van der Waals surface area contributed by atoms with Gasteiger partial charge in [0.25, 0.3) is 0 Å². The fourth-order valence-electron chi connectivity index (χ4n) is 4.66. The van der Waals surface area contributed by atoms with Gasteiger partial charge in [-0.05, 0) is 55.2 Å². The molecule has 1 aromatic heterocycles. The van der Waals surface area contributed by atoms with Gasteiger partial charge < -0.3 is 19.9 Å². The summed E-state index contributed by atoms with van der Waals surface area (Å²) in [5, 5.41) is 4.33. The van der Waals surface area contributed by atoms with E-state index >= 15 is 0 Å². The van der Waals surface area contributed by atoms with Crippen molar-refractivity contribution in [2.45, 2.75) is 26.3 Å². The second-order valence-corrected chi connectivity index (χ2v) is 8.45. The summed E-state index contributed by atoms with van der Waals surface area (Å²) < 4.78 is 5.47. The van der Waals surface area contributed by atoms with Crippen molar-refractivity contribution in [2.75, 3.05) is 19.0 Å². The molecule has 0 bridgehead atoms. The fraction of sp³-hybridized carbons (Fsp3) is 0.222. The Labute approximate surface area is 188 Å². The largest absolute Gasteiger partial charge is 0.495 e. The Balaban J connectivity index is 1.57. The van der Waals surface area contributed by atoms with Crippen molar-refractivity contribution < 1.29 is 9.53 Å². The van der Waals surface area contributed by atoms with E-state index in [0.29, 0.717) is 18.0 Å². The van der Waals surface area contributed by atoms with Crippen LogP contribution in [0.3, 0.4) is 0 Å². The first kappa shape index (κ1) is 20.2. The summed E-state index contributed by atoms with van der Waals surface area (Å²) in [6.07, 6.45) is 0.806. The standard InChI is InChI=1S/C27H27N3O2/c1-17-8-11-19(12-9-17)26-25-21(20-6-4-5-7-22(20)28-25)14-15-30(26)27(31)29-23-16-18(2)10-13-24(23)32-3/h4-13,16,26,28H,14-15H2,1-3H3,(H,29,31)/t26-/m1/s1. The molecule has 0 radical (unpaired) electrons. The van der Waals surface area contributed by atoms with E-state index in [-0.39, 0.29) is 12.1 Å². The molecule has 162 valence electrons. The second kappa shape index (κ2) is 8.08. The van der Waals surface area contributed by atoms with Crippen molar-refractivity contribution >= 4 is 22.6 Å². The number of benzene rings is 3. The van der Waals surface area contributed by atoms with Gasteiger partial charge in [0.15, 0.2) is 0 Å². The molecule has 5 rings (SSSR count). The summed E-state index contributed by atoms with van der Waals surface area (Å²) >= 11 is 0. The van der Waals surface area contributed by atoms with Gasteiger partial charge in [-0.15, -0.1) is 0 Å². The molecular formula is C27H27N3O2. The highest BCUT2D eigenvalue weighted by atomic mass is 16.5. The van der Waals surface area contributed by atoms with Crippen LogP contribution in [0.1, 0.15) is 34.0 Å². The van der Waals surface area contributed by atoms with Crippen LogP contribution < -0.4 is 10.1 Å². The molecule has 3 aromatic carbocycles. The minimum Gasteiger partial charge on any atom is -0.495 e. The Bertz CT molecular complexity index is 1290. The molecular weight excluding hydrogens is 398 g/mol. The van der Waals surface area contributed by atoms with Crippen LogP contribution in [0.5, 0.6) is 5.75 Å². The molecule has 0 fully saturated rings. The number of aryl methyl sites for hydroxylation is 2. The Morgan fingerprint density at radius 1 is 1.03 bits per heavy atom. The van der Waals surface area contributed by atoms with E-state index in [2.05, 4.69) is 59.7 Å². The zero-order chi connectivity index (χ0) is 22.2. The number of ether oxygens (including phenoxy) is 1. The number of hydrogen-bond acceptors (Lipinski definition) is 2. The molecule has 4 aromatic rings. The maximum absolute atomic E-state index is 13.6. The summed E-state index contributed by atoms with van der Waals surface area (Å²) in [4.78, 5) is 19.1. The molecule has 1 atom stereocenters. The fourth-order valence-corrected chi connectivity index (χ4v) is 4.66. The molecule has 1 aliphatic rings. The number of hydrogen-bond donors (Lipinski definition) is 2. The lowest BCUT2D eigenvalue weighted by molar-refractivity contribution is 0.193. The first-order chi connectivity index (χ1) is 15.5. The van der Waals surface area contributed by atoms with Gasteiger partial charge in [-0.2, -0.15) is 0 Å². The normalized spacial score (nSPS) is 15.5. The molecule has 0 saturated carbocycles. The average molecular weight is 426 g/mol. The first-order valence-electron chi connectivity index (χ1n) is 10.9. The number of para-hydroxylation sites is 1. The van der Waals surface area contributed by atoms with Gasteiger partial charge in [0.05, 0.1) is 18.8 Å². The molecule has 5 heteroatoms.